The van der Waals surface area contributed by atoms with E-state index >= 15 is 0 Å². The Morgan fingerprint density at radius 1 is 1.22 bits per heavy atom. The summed E-state index contributed by atoms with van der Waals surface area (Å²) >= 11 is 0. The predicted molar refractivity (Wildman–Crippen MR) is 76.6 cm³/mol. The highest BCUT2D eigenvalue weighted by Gasteiger charge is 2.23. The number of nitrogens with two attached hydrogens (primary N) is 1. The lowest BCUT2D eigenvalue weighted by molar-refractivity contribution is 0.307. The molecule has 2 heteroatoms. The van der Waals surface area contributed by atoms with Crippen molar-refractivity contribution in [3.8, 4) is 0 Å². The fourth-order valence-corrected chi connectivity index (χ4v) is 3.36. The highest BCUT2D eigenvalue weighted by atomic mass is 14.9. The highest BCUT2D eigenvalue weighted by Crippen LogP contribution is 2.29. The standard InChI is InChI=1S/C16H22N2/c1-18-11-13(14-7-3-5-9-16(14)18)10-12-6-2-4-8-15(12)17/h3,5,7,9,11-12,15H,2,4,6,8,10,17H2,1H3. The zero-order chi connectivity index (χ0) is 12.5. The molecule has 0 spiro atoms. The fourth-order valence-electron chi connectivity index (χ4n) is 3.36. The van der Waals surface area contributed by atoms with Crippen LogP contribution in [0.15, 0.2) is 30.5 Å². The summed E-state index contributed by atoms with van der Waals surface area (Å²) in [5.41, 5.74) is 9.07. The van der Waals surface area contributed by atoms with Crippen molar-refractivity contribution in [1.82, 2.24) is 4.57 Å². The topological polar surface area (TPSA) is 30.9 Å². The lowest BCUT2D eigenvalue weighted by atomic mass is 9.81. The Labute approximate surface area is 109 Å². The predicted octanol–water partition coefficient (Wildman–Crippen LogP) is 3.24. The summed E-state index contributed by atoms with van der Waals surface area (Å²) in [5, 5.41) is 1.40. The Morgan fingerprint density at radius 3 is 2.83 bits per heavy atom. The summed E-state index contributed by atoms with van der Waals surface area (Å²) in [6.07, 6.45) is 8.59. The van der Waals surface area contributed by atoms with E-state index in [4.69, 9.17) is 5.73 Å². The number of aromatic nitrogens is 1. The van der Waals surface area contributed by atoms with E-state index in [1.54, 1.807) is 0 Å². The van der Waals surface area contributed by atoms with E-state index in [0.717, 1.165) is 6.42 Å². The van der Waals surface area contributed by atoms with Crippen LogP contribution in [0.1, 0.15) is 31.2 Å². The molecule has 1 saturated carbocycles. The van der Waals surface area contributed by atoms with Crippen LogP contribution >= 0.6 is 0 Å². The highest BCUT2D eigenvalue weighted by molar-refractivity contribution is 5.83. The molecule has 2 nitrogen and oxygen atoms in total. The fraction of sp³-hybridized carbons (Fsp3) is 0.500. The van der Waals surface area contributed by atoms with Crippen molar-refractivity contribution in [2.45, 2.75) is 38.1 Å². The summed E-state index contributed by atoms with van der Waals surface area (Å²) in [6.45, 7) is 0. The first kappa shape index (κ1) is 11.8. The van der Waals surface area contributed by atoms with Crippen LogP contribution in [0.5, 0.6) is 0 Å². The molecule has 2 N–H and O–H groups in total. The van der Waals surface area contributed by atoms with Gasteiger partial charge in [0, 0.05) is 30.2 Å². The van der Waals surface area contributed by atoms with Crippen LogP contribution in [0.2, 0.25) is 0 Å². The van der Waals surface area contributed by atoms with Crippen molar-refractivity contribution in [2.75, 3.05) is 0 Å². The maximum Gasteiger partial charge on any atom is 0.0480 e. The maximum atomic E-state index is 6.27. The van der Waals surface area contributed by atoms with Gasteiger partial charge < -0.3 is 10.3 Å². The van der Waals surface area contributed by atoms with Crippen molar-refractivity contribution >= 4 is 10.9 Å². The van der Waals surface area contributed by atoms with Gasteiger partial charge in [0.25, 0.3) is 0 Å². The summed E-state index contributed by atoms with van der Waals surface area (Å²) in [7, 11) is 2.13. The van der Waals surface area contributed by atoms with Gasteiger partial charge in [-0.05, 0) is 36.8 Å². The first-order chi connectivity index (χ1) is 8.75. The van der Waals surface area contributed by atoms with Gasteiger partial charge >= 0.3 is 0 Å². The van der Waals surface area contributed by atoms with Crippen LogP contribution in [0.4, 0.5) is 0 Å². The third-order valence-electron chi connectivity index (χ3n) is 4.43. The molecule has 0 aliphatic heterocycles. The molecule has 3 rings (SSSR count). The maximum absolute atomic E-state index is 6.27. The van der Waals surface area contributed by atoms with Gasteiger partial charge in [-0.3, -0.25) is 0 Å². The second kappa shape index (κ2) is 4.77. The van der Waals surface area contributed by atoms with Crippen LogP contribution in [0.3, 0.4) is 0 Å². The summed E-state index contributed by atoms with van der Waals surface area (Å²) in [4.78, 5) is 0. The van der Waals surface area contributed by atoms with Crippen molar-refractivity contribution < 1.29 is 0 Å². The number of hydrogen-bond donors (Lipinski definition) is 1. The molecular formula is C16H22N2. The molecule has 0 amide bonds. The zero-order valence-electron chi connectivity index (χ0n) is 11.1. The monoisotopic (exact) mass is 242 g/mol. The van der Waals surface area contributed by atoms with E-state index < -0.39 is 0 Å². The van der Waals surface area contributed by atoms with E-state index in [1.165, 1.54) is 42.1 Å². The Morgan fingerprint density at radius 2 is 2.00 bits per heavy atom. The van der Waals surface area contributed by atoms with Gasteiger partial charge in [0.1, 0.15) is 0 Å². The van der Waals surface area contributed by atoms with Crippen LogP contribution in [0, 0.1) is 5.92 Å². The van der Waals surface area contributed by atoms with Crippen molar-refractivity contribution in [2.24, 2.45) is 18.7 Å². The molecule has 1 aromatic heterocycles. The van der Waals surface area contributed by atoms with Gasteiger partial charge in [0.2, 0.25) is 0 Å². The molecule has 18 heavy (non-hydrogen) atoms. The lowest BCUT2D eigenvalue weighted by Gasteiger charge is -2.28. The average molecular weight is 242 g/mol. The average Bonchev–Trinajstić information content (AvgIpc) is 2.70. The minimum absolute atomic E-state index is 0.401. The number of hydrogen-bond acceptors (Lipinski definition) is 1. The van der Waals surface area contributed by atoms with Crippen LogP contribution in [-0.4, -0.2) is 10.6 Å². The summed E-state index contributed by atoms with van der Waals surface area (Å²) in [5.74, 6) is 0.671. The molecule has 2 atom stereocenters. The zero-order valence-corrected chi connectivity index (χ0v) is 11.1. The summed E-state index contributed by atoms with van der Waals surface area (Å²) < 4.78 is 2.24. The molecule has 0 bridgehead atoms. The third-order valence-corrected chi connectivity index (χ3v) is 4.43. The number of para-hydroxylation sites is 1. The van der Waals surface area contributed by atoms with Crippen LogP contribution < -0.4 is 5.73 Å². The molecular weight excluding hydrogens is 220 g/mol. The van der Waals surface area contributed by atoms with Gasteiger partial charge in [-0.2, -0.15) is 0 Å². The number of fused-ring (bicyclic) bond motifs is 1. The SMILES string of the molecule is Cn1cc(CC2CCCCC2N)c2ccccc21. The quantitative estimate of drug-likeness (QED) is 0.861. The van der Waals surface area contributed by atoms with Crippen molar-refractivity contribution in [3.05, 3.63) is 36.0 Å². The Bertz CT molecular complexity index is 541. The van der Waals surface area contributed by atoms with E-state index in [9.17, 15) is 0 Å². The van der Waals surface area contributed by atoms with Gasteiger partial charge in [-0.15, -0.1) is 0 Å². The van der Waals surface area contributed by atoms with E-state index in [-0.39, 0.29) is 0 Å². The molecule has 1 aliphatic rings. The second-order valence-electron chi connectivity index (χ2n) is 5.69. The Kier molecular flexibility index (Phi) is 3.13. The molecule has 2 unspecified atom stereocenters. The van der Waals surface area contributed by atoms with Gasteiger partial charge in [-0.25, -0.2) is 0 Å². The number of rotatable bonds is 2. The normalized spacial score (nSPS) is 24.6. The molecule has 2 aromatic rings. The van der Waals surface area contributed by atoms with E-state index in [0.29, 0.717) is 12.0 Å². The second-order valence-corrected chi connectivity index (χ2v) is 5.69. The summed E-state index contributed by atoms with van der Waals surface area (Å²) in [6, 6.07) is 9.07. The lowest BCUT2D eigenvalue weighted by Crippen LogP contribution is -2.34. The van der Waals surface area contributed by atoms with E-state index in [2.05, 4.69) is 42.1 Å². The minimum Gasteiger partial charge on any atom is -0.350 e. The molecule has 96 valence electrons. The molecule has 1 aliphatic carbocycles. The molecule has 1 heterocycles. The Hall–Kier alpha value is -1.28. The molecule has 0 saturated heterocycles. The number of nitrogens with zero attached hydrogens (tertiary/aromatic N) is 1. The third kappa shape index (κ3) is 2.05. The molecule has 0 radical (unpaired) electrons. The molecule has 1 fully saturated rings. The van der Waals surface area contributed by atoms with Crippen molar-refractivity contribution in [1.29, 1.82) is 0 Å². The number of aryl methyl sites for hydroxylation is 1. The van der Waals surface area contributed by atoms with Crippen LogP contribution in [0.25, 0.3) is 10.9 Å². The molecule has 1 aromatic carbocycles. The van der Waals surface area contributed by atoms with Crippen molar-refractivity contribution in [3.63, 3.8) is 0 Å². The first-order valence-electron chi connectivity index (χ1n) is 7.04. The first-order valence-corrected chi connectivity index (χ1v) is 7.04. The van der Waals surface area contributed by atoms with Gasteiger partial charge in [-0.1, -0.05) is 31.0 Å². The minimum atomic E-state index is 0.401. The smallest absolute Gasteiger partial charge is 0.0480 e. The van der Waals surface area contributed by atoms with Crippen LogP contribution in [-0.2, 0) is 13.5 Å². The van der Waals surface area contributed by atoms with Gasteiger partial charge in [0.05, 0.1) is 0 Å². The largest absolute Gasteiger partial charge is 0.350 e. The van der Waals surface area contributed by atoms with E-state index in [1.807, 2.05) is 0 Å². The number of benzene rings is 1. The van der Waals surface area contributed by atoms with Gasteiger partial charge in [0.15, 0.2) is 0 Å². The Balaban J connectivity index is 1.90.